The van der Waals surface area contributed by atoms with E-state index in [-0.39, 0.29) is 0 Å². The lowest BCUT2D eigenvalue weighted by molar-refractivity contribution is 0.427. The molecule has 1 saturated carbocycles. The van der Waals surface area contributed by atoms with Crippen molar-refractivity contribution in [3.8, 4) is 0 Å². The van der Waals surface area contributed by atoms with Gasteiger partial charge in [-0.1, -0.05) is 65.7 Å². The molecule has 0 saturated heterocycles. The van der Waals surface area contributed by atoms with Crippen LogP contribution in [0.15, 0.2) is 0 Å². The minimum absolute atomic E-state index is 0.986. The summed E-state index contributed by atoms with van der Waals surface area (Å²) in [4.78, 5) is 0. The van der Waals surface area contributed by atoms with Crippen LogP contribution in [0.1, 0.15) is 78.6 Å². The van der Waals surface area contributed by atoms with Crippen LogP contribution in [0.5, 0.6) is 0 Å². The molecule has 0 spiro atoms. The standard InChI is InChI=1S/C15H30/c1-4-6-7-8-9-13(3)10-11-15-12-14(15)5-2/h13-15H,4-12H2,1-3H3. The third-order valence-electron chi connectivity index (χ3n) is 4.17. The quantitative estimate of drug-likeness (QED) is 0.446. The van der Waals surface area contributed by atoms with E-state index in [4.69, 9.17) is 0 Å². The Kier molecular flexibility index (Phi) is 6.36. The molecule has 1 fully saturated rings. The fourth-order valence-electron chi connectivity index (χ4n) is 2.73. The predicted octanol–water partition coefficient (Wildman–Crippen LogP) is 5.42. The van der Waals surface area contributed by atoms with Crippen molar-refractivity contribution in [1.29, 1.82) is 0 Å². The Labute approximate surface area is 96.8 Å². The van der Waals surface area contributed by atoms with Gasteiger partial charge < -0.3 is 0 Å². The van der Waals surface area contributed by atoms with E-state index in [0.29, 0.717) is 0 Å². The van der Waals surface area contributed by atoms with Crippen LogP contribution in [-0.2, 0) is 0 Å². The summed E-state index contributed by atoms with van der Waals surface area (Å²) in [5.41, 5.74) is 0. The molecule has 90 valence electrons. The molecule has 0 radical (unpaired) electrons. The maximum Gasteiger partial charge on any atom is -0.0383 e. The second-order valence-corrected chi connectivity index (χ2v) is 5.70. The Hall–Kier alpha value is 0. The molecule has 0 aromatic heterocycles. The lowest BCUT2D eigenvalue weighted by Crippen LogP contribution is -1.96. The molecule has 3 unspecified atom stereocenters. The van der Waals surface area contributed by atoms with Crippen molar-refractivity contribution in [3.63, 3.8) is 0 Å². The maximum absolute atomic E-state index is 2.45. The zero-order valence-corrected chi connectivity index (χ0v) is 11.1. The first kappa shape index (κ1) is 13.1. The summed E-state index contributed by atoms with van der Waals surface area (Å²) in [5, 5.41) is 0. The molecule has 0 heteroatoms. The van der Waals surface area contributed by atoms with Gasteiger partial charge in [-0.15, -0.1) is 0 Å². The van der Waals surface area contributed by atoms with Crippen LogP contribution in [0.25, 0.3) is 0 Å². The average molecular weight is 210 g/mol. The SMILES string of the molecule is CCCCCCC(C)CCC1CC1CC. The fraction of sp³-hybridized carbons (Fsp3) is 1.00. The summed E-state index contributed by atoms with van der Waals surface area (Å²) >= 11 is 0. The number of hydrogen-bond acceptors (Lipinski definition) is 0. The van der Waals surface area contributed by atoms with E-state index in [1.807, 2.05) is 0 Å². The first-order valence-corrected chi connectivity index (χ1v) is 7.27. The summed E-state index contributed by atoms with van der Waals surface area (Å²) in [7, 11) is 0. The molecular formula is C15H30. The van der Waals surface area contributed by atoms with E-state index in [0.717, 1.165) is 17.8 Å². The van der Waals surface area contributed by atoms with Crippen molar-refractivity contribution >= 4 is 0 Å². The Bertz CT molecular complexity index is 150. The highest BCUT2D eigenvalue weighted by molar-refractivity contribution is 4.84. The van der Waals surface area contributed by atoms with Gasteiger partial charge in [-0.2, -0.15) is 0 Å². The average Bonchev–Trinajstić information content (AvgIpc) is 3.00. The van der Waals surface area contributed by atoms with E-state index in [9.17, 15) is 0 Å². The molecule has 0 amide bonds. The Morgan fingerprint density at radius 1 is 1.00 bits per heavy atom. The molecular weight excluding hydrogens is 180 g/mol. The first-order chi connectivity index (χ1) is 7.27. The molecule has 0 heterocycles. The third kappa shape index (κ3) is 5.58. The van der Waals surface area contributed by atoms with Crippen molar-refractivity contribution in [2.45, 2.75) is 78.6 Å². The Balaban J connectivity index is 1.88. The third-order valence-corrected chi connectivity index (χ3v) is 4.17. The molecule has 0 aliphatic heterocycles. The lowest BCUT2D eigenvalue weighted by atomic mass is 9.96. The van der Waals surface area contributed by atoms with Gasteiger partial charge in [-0.05, 0) is 30.6 Å². The van der Waals surface area contributed by atoms with Crippen molar-refractivity contribution in [2.24, 2.45) is 17.8 Å². The van der Waals surface area contributed by atoms with Crippen molar-refractivity contribution in [3.05, 3.63) is 0 Å². The van der Waals surface area contributed by atoms with Crippen LogP contribution in [0, 0.1) is 17.8 Å². The Morgan fingerprint density at radius 2 is 1.80 bits per heavy atom. The van der Waals surface area contributed by atoms with Crippen LogP contribution >= 0.6 is 0 Å². The summed E-state index contributed by atoms with van der Waals surface area (Å²) in [6.45, 7) is 7.09. The molecule has 0 N–H and O–H groups in total. The first-order valence-electron chi connectivity index (χ1n) is 7.27. The van der Waals surface area contributed by atoms with E-state index >= 15 is 0 Å². The van der Waals surface area contributed by atoms with Gasteiger partial charge in [0.2, 0.25) is 0 Å². The van der Waals surface area contributed by atoms with Crippen molar-refractivity contribution < 1.29 is 0 Å². The van der Waals surface area contributed by atoms with E-state index in [1.54, 1.807) is 6.42 Å². The van der Waals surface area contributed by atoms with Crippen LogP contribution in [-0.4, -0.2) is 0 Å². The molecule has 0 aromatic rings. The van der Waals surface area contributed by atoms with Crippen LogP contribution in [0.2, 0.25) is 0 Å². The van der Waals surface area contributed by atoms with Crippen molar-refractivity contribution in [2.75, 3.05) is 0 Å². The largest absolute Gasteiger partial charge is 0.0654 e. The second-order valence-electron chi connectivity index (χ2n) is 5.70. The monoisotopic (exact) mass is 210 g/mol. The fourth-order valence-corrected chi connectivity index (χ4v) is 2.73. The summed E-state index contributed by atoms with van der Waals surface area (Å²) in [5.74, 6) is 3.21. The number of hydrogen-bond donors (Lipinski definition) is 0. The minimum Gasteiger partial charge on any atom is -0.0654 e. The normalized spacial score (nSPS) is 26.6. The highest BCUT2D eigenvalue weighted by Gasteiger charge is 2.34. The predicted molar refractivity (Wildman–Crippen MR) is 69.0 cm³/mol. The van der Waals surface area contributed by atoms with Gasteiger partial charge in [0.25, 0.3) is 0 Å². The summed E-state index contributed by atoms with van der Waals surface area (Å²) in [6.07, 6.45) is 13.2. The minimum atomic E-state index is 0.986. The van der Waals surface area contributed by atoms with Crippen LogP contribution in [0.4, 0.5) is 0 Å². The van der Waals surface area contributed by atoms with E-state index in [2.05, 4.69) is 20.8 Å². The molecule has 0 bridgehead atoms. The Morgan fingerprint density at radius 3 is 2.40 bits per heavy atom. The maximum atomic E-state index is 2.45. The molecule has 1 aliphatic carbocycles. The van der Waals surface area contributed by atoms with Crippen molar-refractivity contribution in [1.82, 2.24) is 0 Å². The van der Waals surface area contributed by atoms with Gasteiger partial charge in [-0.25, -0.2) is 0 Å². The molecule has 1 rings (SSSR count). The number of unbranched alkanes of at least 4 members (excludes halogenated alkanes) is 3. The topological polar surface area (TPSA) is 0 Å². The van der Waals surface area contributed by atoms with Gasteiger partial charge >= 0.3 is 0 Å². The highest BCUT2D eigenvalue weighted by atomic mass is 14.4. The summed E-state index contributed by atoms with van der Waals surface area (Å²) < 4.78 is 0. The zero-order valence-electron chi connectivity index (χ0n) is 11.1. The number of rotatable bonds is 9. The van der Waals surface area contributed by atoms with E-state index in [1.165, 1.54) is 51.4 Å². The van der Waals surface area contributed by atoms with Gasteiger partial charge in [0.15, 0.2) is 0 Å². The second kappa shape index (κ2) is 7.30. The molecule has 15 heavy (non-hydrogen) atoms. The lowest BCUT2D eigenvalue weighted by Gasteiger charge is -2.10. The van der Waals surface area contributed by atoms with Gasteiger partial charge in [-0.3, -0.25) is 0 Å². The smallest absolute Gasteiger partial charge is 0.0383 e. The molecule has 1 aliphatic rings. The highest BCUT2D eigenvalue weighted by Crippen LogP contribution is 2.44. The van der Waals surface area contributed by atoms with Gasteiger partial charge in [0.1, 0.15) is 0 Å². The summed E-state index contributed by atoms with van der Waals surface area (Å²) in [6, 6.07) is 0. The molecule has 0 aromatic carbocycles. The van der Waals surface area contributed by atoms with E-state index < -0.39 is 0 Å². The molecule has 0 nitrogen and oxygen atoms in total. The van der Waals surface area contributed by atoms with Crippen LogP contribution < -0.4 is 0 Å². The van der Waals surface area contributed by atoms with Gasteiger partial charge in [0, 0.05) is 0 Å². The zero-order chi connectivity index (χ0) is 11.1. The van der Waals surface area contributed by atoms with Crippen LogP contribution in [0.3, 0.4) is 0 Å². The van der Waals surface area contributed by atoms with Gasteiger partial charge in [0.05, 0.1) is 0 Å². The molecule has 3 atom stereocenters.